The van der Waals surface area contributed by atoms with Gasteiger partial charge in [0.25, 0.3) is 0 Å². The van der Waals surface area contributed by atoms with Crippen LogP contribution in [0.3, 0.4) is 0 Å². The van der Waals surface area contributed by atoms with E-state index in [9.17, 15) is 5.11 Å². The summed E-state index contributed by atoms with van der Waals surface area (Å²) >= 11 is 0. The third-order valence-corrected chi connectivity index (χ3v) is 13.2. The fraction of sp³-hybridized carbons (Fsp3) is 0.933. The third-order valence-electron chi connectivity index (χ3n) is 13.2. The molecule has 4 fully saturated rings. The van der Waals surface area contributed by atoms with Gasteiger partial charge in [-0.3, -0.25) is 0 Å². The van der Waals surface area contributed by atoms with Crippen LogP contribution in [0.4, 0.5) is 0 Å². The Morgan fingerprint density at radius 1 is 0.839 bits per heavy atom. The molecule has 0 amide bonds. The highest BCUT2D eigenvalue weighted by Crippen LogP contribution is 2.74. The smallest absolute Gasteiger partial charge is 0.0594 e. The van der Waals surface area contributed by atoms with Crippen molar-refractivity contribution in [3.63, 3.8) is 0 Å². The van der Waals surface area contributed by atoms with E-state index in [1.54, 1.807) is 0 Å². The predicted octanol–water partition coefficient (Wildman–Crippen LogP) is 7.88. The van der Waals surface area contributed by atoms with Gasteiger partial charge in [0.2, 0.25) is 0 Å². The van der Waals surface area contributed by atoms with E-state index >= 15 is 0 Å². The van der Waals surface area contributed by atoms with Gasteiger partial charge in [-0.25, -0.2) is 0 Å². The van der Waals surface area contributed by atoms with Gasteiger partial charge in [-0.1, -0.05) is 67.0 Å². The first-order chi connectivity index (χ1) is 14.4. The molecule has 5 rings (SSSR count). The lowest BCUT2D eigenvalue weighted by Crippen LogP contribution is -2.64. The average Bonchev–Trinajstić information content (AvgIpc) is 2.69. The van der Waals surface area contributed by atoms with E-state index in [0.717, 1.165) is 41.9 Å². The van der Waals surface area contributed by atoms with Crippen molar-refractivity contribution in [2.75, 3.05) is 0 Å². The molecule has 0 heterocycles. The summed E-state index contributed by atoms with van der Waals surface area (Å²) in [4.78, 5) is 0. The Morgan fingerprint density at radius 2 is 1.55 bits per heavy atom. The lowest BCUT2D eigenvalue weighted by molar-refractivity contribution is -0.201. The lowest BCUT2D eigenvalue weighted by Gasteiger charge is -2.71. The largest absolute Gasteiger partial charge is 0.393 e. The minimum absolute atomic E-state index is 0.0552. The third kappa shape index (κ3) is 2.71. The monoisotopic (exact) mass is 426 g/mol. The second kappa shape index (κ2) is 6.86. The summed E-state index contributed by atoms with van der Waals surface area (Å²) in [6.45, 7) is 20.4. The zero-order valence-electron chi connectivity index (χ0n) is 21.8. The van der Waals surface area contributed by atoms with Crippen LogP contribution in [0, 0.1) is 63.1 Å². The molecule has 5 aliphatic rings. The van der Waals surface area contributed by atoms with Gasteiger partial charge in [-0.05, 0) is 114 Å². The van der Waals surface area contributed by atoms with E-state index in [-0.39, 0.29) is 11.5 Å². The van der Waals surface area contributed by atoms with Crippen molar-refractivity contribution in [3.8, 4) is 0 Å². The Labute approximate surface area is 192 Å². The summed E-state index contributed by atoms with van der Waals surface area (Å²) in [5.41, 5.74) is 3.10. The Balaban J connectivity index is 1.57. The normalized spacial score (nSPS) is 58.3. The highest BCUT2D eigenvalue weighted by atomic mass is 16.3. The minimum atomic E-state index is -0.123. The molecule has 0 saturated heterocycles. The van der Waals surface area contributed by atoms with E-state index in [4.69, 9.17) is 0 Å². The first kappa shape index (κ1) is 22.5. The van der Waals surface area contributed by atoms with E-state index in [1.165, 1.54) is 44.9 Å². The standard InChI is InChI=1S/C30H50O/c1-18-17-19(2)21-11-15-29(7)22(26(21)20(18)3)9-10-24-28(6)14-13-25(31)27(4,5)23(28)12-16-30(24,29)8/h9,18-21,23-26,31H,10-17H2,1-8H3/t18-,19+,20+,21+,23+,24-,25+,26+,28-,29-,30+/m1/s1. The summed E-state index contributed by atoms with van der Waals surface area (Å²) in [5.74, 6) is 5.75. The van der Waals surface area contributed by atoms with Crippen LogP contribution in [0.5, 0.6) is 0 Å². The van der Waals surface area contributed by atoms with Crippen LogP contribution >= 0.6 is 0 Å². The van der Waals surface area contributed by atoms with E-state index in [1.807, 2.05) is 5.57 Å². The highest BCUT2D eigenvalue weighted by molar-refractivity contribution is 5.32. The number of rotatable bonds is 0. The molecule has 4 saturated carbocycles. The Morgan fingerprint density at radius 3 is 2.26 bits per heavy atom. The molecule has 0 radical (unpaired) electrons. The number of hydrogen-bond acceptors (Lipinski definition) is 1. The fourth-order valence-electron chi connectivity index (χ4n) is 11.0. The summed E-state index contributed by atoms with van der Waals surface area (Å²) in [7, 11) is 0. The van der Waals surface area contributed by atoms with Crippen molar-refractivity contribution in [1.82, 2.24) is 0 Å². The Bertz CT molecular complexity index is 764. The molecule has 176 valence electrons. The van der Waals surface area contributed by atoms with Crippen LogP contribution in [0.1, 0.15) is 107 Å². The quantitative estimate of drug-likeness (QED) is 0.390. The van der Waals surface area contributed by atoms with Gasteiger partial charge in [0.05, 0.1) is 6.10 Å². The number of allylic oxidation sites excluding steroid dienone is 2. The molecule has 5 aliphatic carbocycles. The lowest BCUT2D eigenvalue weighted by atomic mass is 9.34. The van der Waals surface area contributed by atoms with Crippen molar-refractivity contribution in [2.45, 2.75) is 113 Å². The van der Waals surface area contributed by atoms with Gasteiger partial charge in [-0.2, -0.15) is 0 Å². The molecule has 0 spiro atoms. The van der Waals surface area contributed by atoms with Crippen LogP contribution < -0.4 is 0 Å². The molecular formula is C30H50O. The SMILES string of the molecule is C[C@@H]1[C@@H]2C3=CC[C@@H]4[C@]5(C)CC[C@H](O)C(C)(C)[C@@H]5CC[C@]4(C)[C@]3(C)CC[C@H]2[C@@H](C)C[C@H]1C. The van der Waals surface area contributed by atoms with Gasteiger partial charge in [0, 0.05) is 0 Å². The van der Waals surface area contributed by atoms with Crippen molar-refractivity contribution >= 4 is 0 Å². The molecule has 0 aromatic carbocycles. The van der Waals surface area contributed by atoms with Gasteiger partial charge in [0.1, 0.15) is 0 Å². The van der Waals surface area contributed by atoms with Crippen molar-refractivity contribution in [3.05, 3.63) is 11.6 Å². The second-order valence-corrected chi connectivity index (χ2v) is 14.4. The number of aliphatic hydroxyl groups is 1. The van der Waals surface area contributed by atoms with Crippen LogP contribution in [0.2, 0.25) is 0 Å². The number of aliphatic hydroxyl groups excluding tert-OH is 1. The Kier molecular flexibility index (Phi) is 4.98. The fourth-order valence-corrected chi connectivity index (χ4v) is 11.0. The molecule has 0 unspecified atom stereocenters. The summed E-state index contributed by atoms with van der Waals surface area (Å²) < 4.78 is 0. The molecule has 0 aromatic heterocycles. The molecular weight excluding hydrogens is 376 g/mol. The van der Waals surface area contributed by atoms with Crippen LogP contribution in [-0.4, -0.2) is 11.2 Å². The van der Waals surface area contributed by atoms with E-state index in [0.29, 0.717) is 22.2 Å². The molecule has 0 aromatic rings. The predicted molar refractivity (Wildman–Crippen MR) is 131 cm³/mol. The summed E-state index contributed by atoms with van der Waals surface area (Å²) in [6.07, 6.45) is 13.1. The number of hydrogen-bond donors (Lipinski definition) is 1. The maximum Gasteiger partial charge on any atom is 0.0594 e. The zero-order chi connectivity index (χ0) is 22.6. The van der Waals surface area contributed by atoms with E-state index in [2.05, 4.69) is 61.5 Å². The average molecular weight is 427 g/mol. The van der Waals surface area contributed by atoms with Crippen molar-refractivity contribution < 1.29 is 5.11 Å². The highest BCUT2D eigenvalue weighted by Gasteiger charge is 2.67. The molecule has 0 aliphatic heterocycles. The molecule has 1 nitrogen and oxygen atoms in total. The maximum atomic E-state index is 10.9. The zero-order valence-corrected chi connectivity index (χ0v) is 21.8. The first-order valence-electron chi connectivity index (χ1n) is 13.8. The molecule has 31 heavy (non-hydrogen) atoms. The van der Waals surface area contributed by atoms with Crippen LogP contribution in [-0.2, 0) is 0 Å². The molecule has 0 bridgehead atoms. The van der Waals surface area contributed by atoms with E-state index < -0.39 is 0 Å². The van der Waals surface area contributed by atoms with Crippen LogP contribution in [0.15, 0.2) is 11.6 Å². The van der Waals surface area contributed by atoms with Gasteiger partial charge in [0.15, 0.2) is 0 Å². The second-order valence-electron chi connectivity index (χ2n) is 14.4. The first-order valence-corrected chi connectivity index (χ1v) is 13.8. The van der Waals surface area contributed by atoms with Crippen molar-refractivity contribution in [1.29, 1.82) is 0 Å². The Hall–Kier alpha value is -0.300. The molecule has 1 N–H and O–H groups in total. The van der Waals surface area contributed by atoms with Gasteiger partial charge < -0.3 is 5.11 Å². The van der Waals surface area contributed by atoms with Crippen LogP contribution in [0.25, 0.3) is 0 Å². The summed E-state index contributed by atoms with van der Waals surface area (Å²) in [6, 6.07) is 0. The molecule has 1 heteroatoms. The summed E-state index contributed by atoms with van der Waals surface area (Å²) in [5, 5.41) is 10.9. The number of fused-ring (bicyclic) bond motifs is 7. The molecule has 11 atom stereocenters. The van der Waals surface area contributed by atoms with Gasteiger partial charge >= 0.3 is 0 Å². The van der Waals surface area contributed by atoms with Crippen molar-refractivity contribution in [2.24, 2.45) is 63.1 Å². The topological polar surface area (TPSA) is 20.2 Å². The maximum absolute atomic E-state index is 10.9. The van der Waals surface area contributed by atoms with Gasteiger partial charge in [-0.15, -0.1) is 0 Å². The minimum Gasteiger partial charge on any atom is -0.393 e.